The highest BCUT2D eigenvalue weighted by molar-refractivity contribution is 8.00. The molecule has 8 aromatic carbocycles. The number of ether oxygens (including phenoxy) is 5. The Morgan fingerprint density at radius 3 is 1.51 bits per heavy atom. The lowest BCUT2D eigenvalue weighted by Crippen LogP contribution is -2.14. The van der Waals surface area contributed by atoms with Crippen molar-refractivity contribution in [3.63, 3.8) is 0 Å². The lowest BCUT2D eigenvalue weighted by Gasteiger charge is -2.09. The van der Waals surface area contributed by atoms with Crippen LogP contribution < -0.4 is 39.6 Å². The average molecular weight is 1330 g/mol. The van der Waals surface area contributed by atoms with Crippen molar-refractivity contribution in [2.24, 2.45) is 0 Å². The van der Waals surface area contributed by atoms with Crippen molar-refractivity contribution in [2.75, 3.05) is 54.6 Å². The first-order valence-corrected chi connectivity index (χ1v) is 32.5. The molecule has 0 saturated carbocycles. The molecule has 0 atom stereocenters. The van der Waals surface area contributed by atoms with Crippen LogP contribution in [0.3, 0.4) is 0 Å². The number of nitrogens with zero attached hydrogens (tertiary/aromatic N) is 9. The smallest absolute Gasteiger partial charge is 0.336 e. The quantitative estimate of drug-likeness (QED) is 0.0536. The summed E-state index contributed by atoms with van der Waals surface area (Å²) in [6.07, 6.45) is 0.337. The Balaban J connectivity index is 0.000000145. The Kier molecular flexibility index (Phi) is 22.0. The number of hydrogen-bond donors (Lipinski definition) is 3. The summed E-state index contributed by atoms with van der Waals surface area (Å²) in [4.78, 5) is 53.1. The Bertz CT molecular complexity index is 4530. The van der Waals surface area contributed by atoms with Crippen LogP contribution in [0.2, 0.25) is 0 Å². The Hall–Kier alpha value is -11.2. The molecule has 0 radical (unpaired) electrons. The van der Waals surface area contributed by atoms with Gasteiger partial charge in [0.1, 0.15) is 11.6 Å². The molecule has 12 aromatic rings. The zero-order chi connectivity index (χ0) is 65.9. The lowest BCUT2D eigenvalue weighted by atomic mass is 10.2. The first kappa shape index (κ1) is 65.3. The molecule has 4 aromatic heterocycles. The summed E-state index contributed by atoms with van der Waals surface area (Å²) >= 11 is 4.52. The zero-order valence-corrected chi connectivity index (χ0v) is 53.7. The van der Waals surface area contributed by atoms with Crippen molar-refractivity contribution in [3.8, 4) is 80.8 Å². The van der Waals surface area contributed by atoms with Gasteiger partial charge in [-0.05, 0) is 165 Å². The van der Waals surface area contributed by atoms with Crippen LogP contribution in [0.15, 0.2) is 227 Å². The molecule has 3 amide bonds. The number of thiophene rings is 1. The minimum absolute atomic E-state index is 0.0694. The van der Waals surface area contributed by atoms with Crippen LogP contribution in [0.5, 0.6) is 29.5 Å². The number of rotatable bonds is 22. The molecule has 95 heavy (non-hydrogen) atoms. The number of anilines is 3. The van der Waals surface area contributed by atoms with Gasteiger partial charge in [-0.25, -0.2) is 22.8 Å². The van der Waals surface area contributed by atoms with Crippen molar-refractivity contribution >= 4 is 69.6 Å². The second kappa shape index (κ2) is 31.9. The molecule has 5 heterocycles. The molecule has 3 N–H and O–H groups in total. The van der Waals surface area contributed by atoms with E-state index in [1.807, 2.05) is 147 Å². The van der Waals surface area contributed by atoms with Gasteiger partial charge in [-0.2, -0.15) is 15.0 Å². The summed E-state index contributed by atoms with van der Waals surface area (Å²) in [5.74, 6) is 2.39. The molecule has 20 nitrogen and oxygen atoms in total. The van der Waals surface area contributed by atoms with E-state index in [1.165, 1.54) is 53.5 Å². The Morgan fingerprint density at radius 2 is 0.989 bits per heavy atom. The van der Waals surface area contributed by atoms with E-state index in [1.54, 1.807) is 87.4 Å². The average Bonchev–Trinajstić information content (AvgIpc) is 1.72. The molecule has 1 aliphatic heterocycles. The highest BCUT2D eigenvalue weighted by Crippen LogP contribution is 2.37. The monoisotopic (exact) mass is 1330 g/mol. The molecule has 0 unspecified atom stereocenters. The van der Waals surface area contributed by atoms with E-state index in [2.05, 4.69) is 46.2 Å². The molecule has 25 heteroatoms. The van der Waals surface area contributed by atoms with Crippen LogP contribution in [0.25, 0.3) is 51.2 Å². The summed E-state index contributed by atoms with van der Waals surface area (Å²) < 4.78 is 59.9. The Morgan fingerprint density at radius 1 is 0.505 bits per heavy atom. The minimum Gasteiger partial charge on any atom is -0.466 e. The molecule has 0 spiro atoms. The number of carbonyl (C=O) groups is 3. The molecule has 0 aliphatic carbocycles. The third kappa shape index (κ3) is 17.5. The van der Waals surface area contributed by atoms with Gasteiger partial charge in [-0.15, -0.1) is 50.2 Å². The van der Waals surface area contributed by atoms with Gasteiger partial charge in [-0.3, -0.25) is 14.4 Å². The van der Waals surface area contributed by atoms with E-state index in [0.29, 0.717) is 99.7 Å². The summed E-state index contributed by atoms with van der Waals surface area (Å²) in [6, 6.07) is 63.9. The van der Waals surface area contributed by atoms with E-state index in [0.717, 1.165) is 25.9 Å². The second-order valence-corrected chi connectivity index (χ2v) is 23.4. The molecule has 1 aliphatic rings. The van der Waals surface area contributed by atoms with Crippen molar-refractivity contribution < 1.29 is 46.8 Å². The maximum atomic E-state index is 14.4. The van der Waals surface area contributed by atoms with Crippen LogP contribution >= 0.6 is 34.9 Å². The number of benzene rings is 8. The normalized spacial score (nSPS) is 11.1. The van der Waals surface area contributed by atoms with Crippen LogP contribution in [-0.2, 0) is 20.8 Å². The van der Waals surface area contributed by atoms with Crippen molar-refractivity contribution in [1.29, 1.82) is 0 Å². The summed E-state index contributed by atoms with van der Waals surface area (Å²) in [6.45, 7) is 4.69. The van der Waals surface area contributed by atoms with E-state index in [9.17, 15) is 23.2 Å². The van der Waals surface area contributed by atoms with Crippen LogP contribution in [0.1, 0.15) is 18.7 Å². The molecule has 480 valence electrons. The highest BCUT2D eigenvalue weighted by atomic mass is 32.2. The minimum atomic E-state index is -0.399. The molecular weight excluding hydrogens is 1270 g/mol. The third-order valence-corrected chi connectivity index (χ3v) is 16.5. The standard InChI is InChI=1S/C24H21FN4O2S.C24H20N4O4S.C22H19FN4O2S/c1-2-31-24-27-23(20-10-6-7-11-21(20)25)29(28-24)18-14-12-17(13-15-18)26-22(30)16-32-19-8-4-3-5-9-19;1-30-24-26-23(16-7-12-20-21(13-16)32-15-31-20)28(27-24)18-10-8-17(9-11-18)25-22(29)14-33-19-5-3-2-4-6-19;1-2-29-22-25-21(15-5-3-6-16(23)13-15)27(26-22)18-10-8-17(9-11-18)24-20(28)14-19-7-4-12-30-19/h3-15H,2,16H2,1H3,(H,26,30);2-13H,14-15H2,1H3,(H,25,29);3-13H,2,14H2,1H3,(H,24,28). The fourth-order valence-corrected chi connectivity index (χ4v) is 11.4. The molecule has 0 bridgehead atoms. The summed E-state index contributed by atoms with van der Waals surface area (Å²) in [7, 11) is 1.52. The fraction of sp³-hybridized carbons (Fsp3) is 0.129. The van der Waals surface area contributed by atoms with Crippen LogP contribution in [0.4, 0.5) is 25.8 Å². The predicted molar refractivity (Wildman–Crippen MR) is 364 cm³/mol. The number of fused-ring (bicyclic) bond motifs is 1. The van der Waals surface area contributed by atoms with Crippen LogP contribution in [-0.4, -0.2) is 101 Å². The van der Waals surface area contributed by atoms with Gasteiger partial charge < -0.3 is 39.6 Å². The predicted octanol–water partition coefficient (Wildman–Crippen LogP) is 14.3. The molecular formula is C70H60F2N12O8S3. The van der Waals surface area contributed by atoms with E-state index >= 15 is 0 Å². The largest absolute Gasteiger partial charge is 0.466 e. The van der Waals surface area contributed by atoms with Gasteiger partial charge in [0.05, 0.1) is 60.9 Å². The highest BCUT2D eigenvalue weighted by Gasteiger charge is 2.22. The number of methoxy groups -OCH3 is 1. The number of thioether (sulfide) groups is 2. The maximum Gasteiger partial charge on any atom is 0.336 e. The number of nitrogens with one attached hydrogen (secondary N) is 3. The summed E-state index contributed by atoms with van der Waals surface area (Å²) in [5.41, 5.74) is 5.91. The first-order chi connectivity index (χ1) is 46.4. The number of hydrogen-bond acceptors (Lipinski definition) is 17. The van der Waals surface area contributed by atoms with Gasteiger partial charge in [0.15, 0.2) is 29.0 Å². The summed E-state index contributed by atoms with van der Waals surface area (Å²) in [5, 5.41) is 23.8. The lowest BCUT2D eigenvalue weighted by molar-refractivity contribution is -0.116. The number of amides is 3. The van der Waals surface area contributed by atoms with Crippen molar-refractivity contribution in [2.45, 2.75) is 30.1 Å². The number of aromatic nitrogens is 9. The second-order valence-electron chi connectivity index (χ2n) is 20.3. The maximum absolute atomic E-state index is 14.4. The van der Waals surface area contributed by atoms with Gasteiger partial charge >= 0.3 is 18.0 Å². The zero-order valence-electron chi connectivity index (χ0n) is 51.3. The molecule has 0 saturated heterocycles. The van der Waals surface area contributed by atoms with Gasteiger partial charge in [-0.1, -0.05) is 66.7 Å². The van der Waals surface area contributed by atoms with Crippen molar-refractivity contribution in [3.05, 3.63) is 234 Å². The third-order valence-electron chi connectivity index (χ3n) is 13.6. The van der Waals surface area contributed by atoms with Crippen LogP contribution in [0, 0.1) is 11.6 Å². The number of carbonyl (C=O) groups excluding carboxylic acids is 3. The number of halogens is 2. The van der Waals surface area contributed by atoms with E-state index < -0.39 is 5.82 Å². The van der Waals surface area contributed by atoms with Gasteiger partial charge in [0, 0.05) is 42.9 Å². The molecule has 0 fully saturated rings. The SMILES string of the molecule is CCOc1nc(-c2cccc(F)c2)n(-c2ccc(NC(=O)Cc3cccs3)cc2)n1.CCOc1nc(-c2ccccc2F)n(-c2ccc(NC(=O)CSc3ccccc3)cc2)n1.COc1nc(-c2ccc3c(c2)OCO3)n(-c2ccc(NC(=O)CSc3ccccc3)cc2)n1. The fourth-order valence-electron chi connectivity index (χ4n) is 9.30. The van der Waals surface area contributed by atoms with E-state index in [-0.39, 0.29) is 48.4 Å². The van der Waals surface area contributed by atoms with Gasteiger partial charge in [0.2, 0.25) is 24.5 Å². The van der Waals surface area contributed by atoms with Crippen molar-refractivity contribution in [1.82, 2.24) is 44.3 Å². The Labute approximate surface area is 557 Å². The van der Waals surface area contributed by atoms with Gasteiger partial charge in [0.25, 0.3) is 0 Å². The van der Waals surface area contributed by atoms with E-state index in [4.69, 9.17) is 23.7 Å². The first-order valence-electron chi connectivity index (χ1n) is 29.7. The topological polar surface area (TPSA) is 226 Å². The molecule has 13 rings (SSSR count).